The molecular weight excluding hydrogens is 773 g/mol. The zero-order chi connectivity index (χ0) is 40.4. The van der Waals surface area contributed by atoms with E-state index >= 15 is 0 Å². The molecule has 1 aliphatic heterocycles. The van der Waals surface area contributed by atoms with Crippen LogP contribution in [0.1, 0.15) is 27.7 Å². The highest BCUT2D eigenvalue weighted by Gasteiger charge is 2.51. The number of nitrogens with zero attached hydrogens (tertiary/aromatic N) is 1. The minimum Gasteiger partial charge on any atom is -0.399 e. The molecule has 2 heterocycles. The molecule has 0 atom stereocenters. The van der Waals surface area contributed by atoms with Crippen molar-refractivity contribution in [2.45, 2.75) is 38.9 Å². The van der Waals surface area contributed by atoms with E-state index in [1.807, 2.05) is 42.6 Å². The molecule has 0 N–H and O–H groups in total. The summed E-state index contributed by atoms with van der Waals surface area (Å²) in [5.74, 6) is 0. The normalized spacial score (nSPS) is 13.7. The zero-order valence-electron chi connectivity index (χ0n) is 33.4. The van der Waals surface area contributed by atoms with E-state index in [-0.39, 0.29) is 18.3 Å². The molecule has 0 bridgehead atoms. The van der Waals surface area contributed by atoms with Crippen LogP contribution < -0.4 is 5.46 Å². The summed E-state index contributed by atoms with van der Waals surface area (Å²) in [6.45, 7) is 8.30. The van der Waals surface area contributed by atoms with Crippen LogP contribution in [0, 0.1) is 0 Å². The minimum absolute atomic E-state index is 0.292. The number of aromatic nitrogens is 1. The van der Waals surface area contributed by atoms with Crippen LogP contribution in [0.4, 0.5) is 0 Å². The maximum absolute atomic E-state index is 6.07. The van der Waals surface area contributed by atoms with Crippen molar-refractivity contribution in [3.05, 3.63) is 217 Å². The van der Waals surface area contributed by atoms with Crippen molar-refractivity contribution in [1.82, 2.24) is 4.98 Å². The van der Waals surface area contributed by atoms with Gasteiger partial charge in [0.2, 0.25) is 0 Å². The van der Waals surface area contributed by atoms with Crippen LogP contribution >= 0.6 is 15.9 Å². The molecule has 0 aliphatic carbocycles. The first-order valence-corrected chi connectivity index (χ1v) is 20.4. The van der Waals surface area contributed by atoms with Crippen molar-refractivity contribution in [3.8, 4) is 55.8 Å². The maximum Gasteiger partial charge on any atom is 0.494 e. The Morgan fingerprint density at radius 1 is 0.362 bits per heavy atom. The van der Waals surface area contributed by atoms with Crippen molar-refractivity contribution in [2.24, 2.45) is 0 Å². The Hall–Kier alpha value is -5.85. The average Bonchev–Trinajstić information content (AvgIpc) is 3.51. The van der Waals surface area contributed by atoms with Crippen molar-refractivity contribution < 1.29 is 9.31 Å². The van der Waals surface area contributed by atoms with Gasteiger partial charge in [-0.3, -0.25) is 4.98 Å². The topological polar surface area (TPSA) is 31.4 Å². The van der Waals surface area contributed by atoms with E-state index in [0.29, 0.717) is 0 Å². The smallest absolute Gasteiger partial charge is 0.399 e. The monoisotopic (exact) mass is 819 g/mol. The van der Waals surface area contributed by atoms with Crippen molar-refractivity contribution >= 4 is 28.5 Å². The van der Waals surface area contributed by atoms with Crippen LogP contribution in [0.3, 0.4) is 0 Å². The molecular formula is C53H47BBrNO2. The number of benzene rings is 7. The lowest BCUT2D eigenvalue weighted by Crippen LogP contribution is -2.41. The third-order valence-electron chi connectivity index (χ3n) is 10.7. The van der Waals surface area contributed by atoms with Crippen LogP contribution in [0.5, 0.6) is 0 Å². The number of halogens is 1. The quantitative estimate of drug-likeness (QED) is 0.157. The van der Waals surface area contributed by atoms with Gasteiger partial charge in [-0.2, -0.15) is 0 Å². The first-order valence-electron chi connectivity index (χ1n) is 19.6. The lowest BCUT2D eigenvalue weighted by molar-refractivity contribution is 0.00578. The van der Waals surface area contributed by atoms with Gasteiger partial charge < -0.3 is 9.31 Å². The van der Waals surface area contributed by atoms with Crippen LogP contribution in [0.25, 0.3) is 55.8 Å². The summed E-state index contributed by atoms with van der Waals surface area (Å²) in [5.41, 5.74) is 12.3. The lowest BCUT2D eigenvalue weighted by atomic mass is 9.78. The zero-order valence-corrected chi connectivity index (χ0v) is 35.0. The molecule has 3 nitrogen and oxygen atoms in total. The second kappa shape index (κ2) is 18.6. The predicted molar refractivity (Wildman–Crippen MR) is 248 cm³/mol. The molecule has 1 fully saturated rings. The molecule has 0 saturated carbocycles. The highest BCUT2D eigenvalue weighted by atomic mass is 79.9. The Balaban J connectivity index is 0.000000138. The molecule has 0 amide bonds. The Morgan fingerprint density at radius 2 is 0.672 bits per heavy atom. The van der Waals surface area contributed by atoms with Gasteiger partial charge in [-0.1, -0.05) is 204 Å². The fourth-order valence-corrected chi connectivity index (χ4v) is 6.81. The Bertz CT molecular complexity index is 2360. The van der Waals surface area contributed by atoms with E-state index < -0.39 is 0 Å². The van der Waals surface area contributed by atoms with E-state index in [2.05, 4.69) is 218 Å². The molecule has 0 spiro atoms. The summed E-state index contributed by atoms with van der Waals surface area (Å²) in [6, 6.07) is 71.0. The van der Waals surface area contributed by atoms with E-state index in [1.54, 1.807) is 0 Å². The van der Waals surface area contributed by atoms with Crippen LogP contribution in [-0.4, -0.2) is 23.3 Å². The highest BCUT2D eigenvalue weighted by molar-refractivity contribution is 9.10. The molecule has 7 aromatic carbocycles. The van der Waals surface area contributed by atoms with Gasteiger partial charge in [0.15, 0.2) is 0 Å². The Kier molecular flexibility index (Phi) is 12.9. The van der Waals surface area contributed by atoms with Gasteiger partial charge >= 0.3 is 7.12 Å². The van der Waals surface area contributed by atoms with Gasteiger partial charge in [0.25, 0.3) is 0 Å². The molecule has 9 rings (SSSR count). The molecule has 0 unspecified atom stereocenters. The second-order valence-corrected chi connectivity index (χ2v) is 16.1. The molecule has 8 aromatic rings. The minimum atomic E-state index is -0.296. The number of rotatable bonds is 6. The summed E-state index contributed by atoms with van der Waals surface area (Å²) in [6.07, 6.45) is 1.94. The number of hydrogen-bond donors (Lipinski definition) is 0. The first kappa shape index (κ1) is 40.4. The van der Waals surface area contributed by atoms with Crippen molar-refractivity contribution in [3.63, 3.8) is 0 Å². The third-order valence-corrected chi connectivity index (χ3v) is 11.2. The standard InChI is InChI=1S/C23H17N.C18H21BO2.C12H9Br/c1-3-7-18(8-4-1)19-11-13-20(14-12-19)22-15-16-23(24-17-22)21-9-5-2-6-10-21;1-17(2)18(3,4)21-19(20-17)16-12-10-15(11-13-16)14-8-6-5-7-9-14;13-12-8-6-11(7-9-12)10-4-2-1-3-5-10/h1-17H;5-13H,1-4H3;1-9H. The molecule has 1 aromatic heterocycles. The summed E-state index contributed by atoms with van der Waals surface area (Å²) >= 11 is 3.42. The van der Waals surface area contributed by atoms with Crippen molar-refractivity contribution in [1.29, 1.82) is 0 Å². The van der Waals surface area contributed by atoms with E-state index in [4.69, 9.17) is 9.31 Å². The number of pyridine rings is 1. The summed E-state index contributed by atoms with van der Waals surface area (Å²) in [5, 5.41) is 0. The molecule has 5 heteroatoms. The molecule has 0 radical (unpaired) electrons. The largest absolute Gasteiger partial charge is 0.494 e. The van der Waals surface area contributed by atoms with Gasteiger partial charge in [-0.25, -0.2) is 0 Å². The van der Waals surface area contributed by atoms with E-state index in [0.717, 1.165) is 26.8 Å². The van der Waals surface area contributed by atoms with Gasteiger partial charge in [0, 0.05) is 21.8 Å². The number of hydrogen-bond acceptors (Lipinski definition) is 3. The third kappa shape index (κ3) is 10.2. The van der Waals surface area contributed by atoms with E-state index in [9.17, 15) is 0 Å². The predicted octanol–water partition coefficient (Wildman–Crippen LogP) is 13.9. The van der Waals surface area contributed by atoms with Crippen molar-refractivity contribution in [2.75, 3.05) is 0 Å². The first-order chi connectivity index (χ1) is 28.1. The SMILES string of the molecule is Brc1ccc(-c2ccccc2)cc1.CC1(C)OB(c2ccc(-c3ccccc3)cc2)OC1(C)C.c1ccc(-c2ccc(-c3ccc(-c4ccccc4)nc3)cc2)cc1. The summed E-state index contributed by atoms with van der Waals surface area (Å²) in [4.78, 5) is 4.61. The molecule has 1 aliphatic rings. The van der Waals surface area contributed by atoms with Crippen LogP contribution in [0.15, 0.2) is 217 Å². The summed E-state index contributed by atoms with van der Waals surface area (Å²) < 4.78 is 13.3. The second-order valence-electron chi connectivity index (χ2n) is 15.2. The van der Waals surface area contributed by atoms with Gasteiger partial charge in [0.05, 0.1) is 16.9 Å². The van der Waals surface area contributed by atoms with Crippen LogP contribution in [-0.2, 0) is 9.31 Å². The summed E-state index contributed by atoms with van der Waals surface area (Å²) in [7, 11) is -0.292. The van der Waals surface area contributed by atoms with E-state index in [1.165, 1.54) is 38.9 Å². The van der Waals surface area contributed by atoms with Gasteiger partial charge in [-0.05, 0) is 90.3 Å². The average molecular weight is 821 g/mol. The Morgan fingerprint density at radius 3 is 1.05 bits per heavy atom. The fraction of sp³-hybridized carbons (Fsp3) is 0.113. The van der Waals surface area contributed by atoms with Crippen LogP contribution in [0.2, 0.25) is 0 Å². The maximum atomic E-state index is 6.07. The molecule has 286 valence electrons. The fourth-order valence-electron chi connectivity index (χ4n) is 6.55. The molecule has 1 saturated heterocycles. The lowest BCUT2D eigenvalue weighted by Gasteiger charge is -2.32. The highest BCUT2D eigenvalue weighted by Crippen LogP contribution is 2.36. The van der Waals surface area contributed by atoms with Gasteiger partial charge in [-0.15, -0.1) is 0 Å². The molecule has 58 heavy (non-hydrogen) atoms. The van der Waals surface area contributed by atoms with Gasteiger partial charge in [0.1, 0.15) is 0 Å². The Labute approximate surface area is 352 Å².